The maximum Gasteiger partial charge on any atom is 0.338 e. The predicted octanol–water partition coefficient (Wildman–Crippen LogP) is 6.23. The minimum Gasteiger partial charge on any atom is -0.457 e. The minimum absolute atomic E-state index is 0.324. The molecular formula is C26H22O6. The monoisotopic (exact) mass is 430 g/mol. The van der Waals surface area contributed by atoms with E-state index in [0.29, 0.717) is 45.6 Å². The molecule has 3 rings (SSSR count). The molecule has 0 bridgehead atoms. The lowest BCUT2D eigenvalue weighted by atomic mass is 10.3. The summed E-state index contributed by atoms with van der Waals surface area (Å²) in [6.45, 7) is 10.3. The van der Waals surface area contributed by atoms with E-state index in [1.807, 2.05) is 0 Å². The van der Waals surface area contributed by atoms with Crippen LogP contribution in [0.25, 0.3) is 0 Å². The van der Waals surface area contributed by atoms with Crippen molar-refractivity contribution in [1.29, 1.82) is 0 Å². The third-order valence-corrected chi connectivity index (χ3v) is 4.04. The van der Waals surface area contributed by atoms with E-state index < -0.39 is 11.9 Å². The molecular weight excluding hydrogens is 408 g/mol. The molecule has 0 atom stereocenters. The fraction of sp³-hybridized carbons (Fsp3) is 0.0769. The van der Waals surface area contributed by atoms with E-state index >= 15 is 0 Å². The molecule has 6 nitrogen and oxygen atoms in total. The van der Waals surface area contributed by atoms with E-state index in [0.717, 1.165) is 0 Å². The number of ether oxygens (including phenoxy) is 4. The molecule has 0 radical (unpaired) electrons. The van der Waals surface area contributed by atoms with E-state index in [-0.39, 0.29) is 0 Å². The topological polar surface area (TPSA) is 71.1 Å². The fourth-order valence-corrected chi connectivity index (χ4v) is 2.41. The van der Waals surface area contributed by atoms with Gasteiger partial charge < -0.3 is 18.9 Å². The maximum atomic E-state index is 11.6. The molecule has 0 amide bonds. The maximum absolute atomic E-state index is 11.6. The Morgan fingerprint density at radius 3 is 1.25 bits per heavy atom. The predicted molar refractivity (Wildman–Crippen MR) is 120 cm³/mol. The molecule has 6 heteroatoms. The van der Waals surface area contributed by atoms with Crippen molar-refractivity contribution in [1.82, 2.24) is 0 Å². The van der Waals surface area contributed by atoms with Crippen LogP contribution in [0.4, 0.5) is 0 Å². The summed E-state index contributed by atoms with van der Waals surface area (Å²) in [7, 11) is 0. The Morgan fingerprint density at radius 2 is 0.906 bits per heavy atom. The Labute approximate surface area is 186 Å². The van der Waals surface area contributed by atoms with Crippen LogP contribution in [0.1, 0.15) is 13.8 Å². The SMILES string of the molecule is C=C(C)C(=O)Oc1ccc(Oc2cccc(Oc3ccc(OC(=O)C(=C)C)cc3)c2)cc1. The van der Waals surface area contributed by atoms with Gasteiger partial charge in [-0.3, -0.25) is 0 Å². The summed E-state index contributed by atoms with van der Waals surface area (Å²) in [4.78, 5) is 23.2. The summed E-state index contributed by atoms with van der Waals surface area (Å²) >= 11 is 0. The Bertz CT molecular complexity index is 1050. The van der Waals surface area contributed by atoms with Crippen molar-refractivity contribution in [3.05, 3.63) is 97.1 Å². The summed E-state index contributed by atoms with van der Waals surface area (Å²) in [6, 6.07) is 20.5. The van der Waals surface area contributed by atoms with Crippen molar-refractivity contribution in [2.45, 2.75) is 13.8 Å². The third-order valence-electron chi connectivity index (χ3n) is 4.04. The van der Waals surface area contributed by atoms with Crippen molar-refractivity contribution < 1.29 is 28.5 Å². The summed E-state index contributed by atoms with van der Waals surface area (Å²) in [5.74, 6) is 2.12. The van der Waals surface area contributed by atoms with Gasteiger partial charge in [-0.25, -0.2) is 9.59 Å². The molecule has 0 spiro atoms. The molecule has 0 aliphatic heterocycles. The second-order valence-corrected chi connectivity index (χ2v) is 6.96. The molecule has 162 valence electrons. The first-order valence-electron chi connectivity index (χ1n) is 9.71. The molecule has 0 aliphatic rings. The minimum atomic E-state index is -0.481. The van der Waals surface area contributed by atoms with Gasteiger partial charge in [0.15, 0.2) is 0 Å². The van der Waals surface area contributed by atoms with Gasteiger partial charge in [-0.05, 0) is 74.5 Å². The summed E-state index contributed by atoms with van der Waals surface area (Å²) in [5.41, 5.74) is 0.648. The highest BCUT2D eigenvalue weighted by atomic mass is 16.5. The number of carbonyl (C=O) groups excluding carboxylic acids is 2. The average molecular weight is 430 g/mol. The Hall–Kier alpha value is -4.32. The van der Waals surface area contributed by atoms with Crippen LogP contribution in [-0.2, 0) is 9.59 Å². The molecule has 0 unspecified atom stereocenters. The standard InChI is InChI=1S/C26H22O6/c1-17(2)25(27)31-21-12-8-19(9-13-21)29-23-6-5-7-24(16-23)30-20-10-14-22(15-11-20)32-26(28)18(3)4/h5-16H,1,3H2,2,4H3. The van der Waals surface area contributed by atoms with Gasteiger partial charge in [0.2, 0.25) is 0 Å². The Balaban J connectivity index is 1.62. The van der Waals surface area contributed by atoms with Crippen molar-refractivity contribution in [3.63, 3.8) is 0 Å². The summed E-state index contributed by atoms with van der Waals surface area (Å²) < 4.78 is 22.0. The van der Waals surface area contributed by atoms with Crippen LogP contribution in [0.2, 0.25) is 0 Å². The van der Waals surface area contributed by atoms with Gasteiger partial charge in [-0.15, -0.1) is 0 Å². The van der Waals surface area contributed by atoms with E-state index in [9.17, 15) is 9.59 Å². The van der Waals surface area contributed by atoms with Gasteiger partial charge in [0.25, 0.3) is 0 Å². The van der Waals surface area contributed by atoms with Gasteiger partial charge in [0, 0.05) is 17.2 Å². The Morgan fingerprint density at radius 1 is 0.562 bits per heavy atom. The molecule has 32 heavy (non-hydrogen) atoms. The lowest BCUT2D eigenvalue weighted by molar-refractivity contribution is -0.130. The van der Waals surface area contributed by atoms with E-state index in [2.05, 4.69) is 13.2 Å². The number of esters is 2. The molecule has 0 aromatic heterocycles. The normalized spacial score (nSPS) is 10.1. The molecule has 0 saturated heterocycles. The molecule has 0 heterocycles. The fourth-order valence-electron chi connectivity index (χ4n) is 2.41. The average Bonchev–Trinajstić information content (AvgIpc) is 2.76. The van der Waals surface area contributed by atoms with Crippen LogP contribution in [0.15, 0.2) is 97.1 Å². The molecule has 3 aromatic rings. The van der Waals surface area contributed by atoms with Crippen LogP contribution in [0.5, 0.6) is 34.5 Å². The first-order chi connectivity index (χ1) is 15.3. The van der Waals surface area contributed by atoms with Gasteiger partial charge in [-0.2, -0.15) is 0 Å². The quantitative estimate of drug-likeness (QED) is 0.240. The van der Waals surface area contributed by atoms with E-state index in [4.69, 9.17) is 18.9 Å². The summed E-state index contributed by atoms with van der Waals surface area (Å²) in [5, 5.41) is 0. The lowest BCUT2D eigenvalue weighted by Crippen LogP contribution is -2.07. The number of benzene rings is 3. The molecule has 0 aliphatic carbocycles. The highest BCUT2D eigenvalue weighted by molar-refractivity contribution is 5.89. The van der Waals surface area contributed by atoms with Gasteiger partial charge >= 0.3 is 11.9 Å². The van der Waals surface area contributed by atoms with Crippen LogP contribution >= 0.6 is 0 Å². The van der Waals surface area contributed by atoms with Crippen molar-refractivity contribution in [3.8, 4) is 34.5 Å². The first kappa shape index (κ1) is 22.4. The van der Waals surface area contributed by atoms with Gasteiger partial charge in [-0.1, -0.05) is 19.2 Å². The Kier molecular flexibility index (Phi) is 7.08. The van der Waals surface area contributed by atoms with E-state index in [1.54, 1.807) is 86.6 Å². The van der Waals surface area contributed by atoms with E-state index in [1.165, 1.54) is 0 Å². The molecule has 0 fully saturated rings. The van der Waals surface area contributed by atoms with Crippen LogP contribution in [-0.4, -0.2) is 11.9 Å². The van der Waals surface area contributed by atoms with Crippen molar-refractivity contribution in [2.24, 2.45) is 0 Å². The zero-order valence-electron chi connectivity index (χ0n) is 17.8. The van der Waals surface area contributed by atoms with Crippen LogP contribution in [0, 0.1) is 0 Å². The van der Waals surface area contributed by atoms with Crippen LogP contribution < -0.4 is 18.9 Å². The largest absolute Gasteiger partial charge is 0.457 e. The second-order valence-electron chi connectivity index (χ2n) is 6.96. The first-order valence-corrected chi connectivity index (χ1v) is 9.71. The van der Waals surface area contributed by atoms with Gasteiger partial charge in [0.1, 0.15) is 34.5 Å². The smallest absolute Gasteiger partial charge is 0.338 e. The summed E-state index contributed by atoms with van der Waals surface area (Å²) in [6.07, 6.45) is 0. The zero-order valence-corrected chi connectivity index (χ0v) is 17.8. The number of carbonyl (C=O) groups is 2. The van der Waals surface area contributed by atoms with Crippen molar-refractivity contribution in [2.75, 3.05) is 0 Å². The van der Waals surface area contributed by atoms with Crippen LogP contribution in [0.3, 0.4) is 0 Å². The highest BCUT2D eigenvalue weighted by Crippen LogP contribution is 2.30. The van der Waals surface area contributed by atoms with Gasteiger partial charge in [0.05, 0.1) is 0 Å². The molecule has 3 aromatic carbocycles. The molecule has 0 N–H and O–H groups in total. The second kappa shape index (κ2) is 10.1. The lowest BCUT2D eigenvalue weighted by Gasteiger charge is -2.10. The number of rotatable bonds is 8. The van der Waals surface area contributed by atoms with Crippen molar-refractivity contribution >= 4 is 11.9 Å². The highest BCUT2D eigenvalue weighted by Gasteiger charge is 2.08. The zero-order chi connectivity index (χ0) is 23.1. The third kappa shape index (κ3) is 6.34. The number of hydrogen-bond acceptors (Lipinski definition) is 6. The molecule has 0 saturated carbocycles. The number of hydrogen-bond donors (Lipinski definition) is 0.